The van der Waals surface area contributed by atoms with Gasteiger partial charge in [0.1, 0.15) is 12.2 Å². The topological polar surface area (TPSA) is 29.5 Å². The van der Waals surface area contributed by atoms with E-state index in [2.05, 4.69) is 68.4 Å². The van der Waals surface area contributed by atoms with Gasteiger partial charge in [-0.3, -0.25) is 0 Å². The Morgan fingerprint density at radius 1 is 0.895 bits per heavy atom. The zero-order valence-corrected chi connectivity index (χ0v) is 14.2. The van der Waals surface area contributed by atoms with Gasteiger partial charge in [-0.25, -0.2) is 0 Å². The van der Waals surface area contributed by atoms with Gasteiger partial charge >= 0.3 is 0 Å². The molecule has 0 aliphatic carbocycles. The smallest absolute Gasteiger partial charge is 0.129 e. The van der Waals surface area contributed by atoms with Crippen LogP contribution < -0.4 is 0 Å². The Bertz CT molecular complexity index is 347. The van der Waals surface area contributed by atoms with E-state index in [-0.39, 0.29) is 28.3 Å². The molecule has 0 aromatic rings. The number of aliphatic hydroxyl groups excluding tert-OH is 1. The average molecular weight is 268 g/mol. The largest absolute Gasteiger partial charge is 0.491 e. The van der Waals surface area contributed by atoms with Gasteiger partial charge in [0.15, 0.2) is 0 Å². The fourth-order valence-electron chi connectivity index (χ4n) is 2.81. The third kappa shape index (κ3) is 3.98. The van der Waals surface area contributed by atoms with Crippen LogP contribution in [-0.4, -0.2) is 17.3 Å². The van der Waals surface area contributed by atoms with E-state index >= 15 is 0 Å². The highest BCUT2D eigenvalue weighted by Crippen LogP contribution is 2.47. The molecule has 3 atom stereocenters. The van der Waals surface area contributed by atoms with Crippen molar-refractivity contribution in [2.75, 3.05) is 0 Å². The molecule has 0 aromatic heterocycles. The van der Waals surface area contributed by atoms with Gasteiger partial charge in [-0.1, -0.05) is 62.3 Å². The summed E-state index contributed by atoms with van der Waals surface area (Å²) in [6, 6.07) is 0. The van der Waals surface area contributed by atoms with Crippen molar-refractivity contribution >= 4 is 0 Å². The minimum atomic E-state index is -0.436. The van der Waals surface area contributed by atoms with E-state index in [1.54, 1.807) is 0 Å². The first-order valence-corrected chi connectivity index (χ1v) is 7.31. The van der Waals surface area contributed by atoms with Crippen LogP contribution in [0.25, 0.3) is 0 Å². The van der Waals surface area contributed by atoms with Crippen molar-refractivity contribution in [1.82, 2.24) is 0 Å². The first-order valence-electron chi connectivity index (χ1n) is 7.31. The summed E-state index contributed by atoms with van der Waals surface area (Å²) >= 11 is 0. The molecule has 1 saturated heterocycles. The Kier molecular flexibility index (Phi) is 4.18. The van der Waals surface area contributed by atoms with Crippen LogP contribution in [0.3, 0.4) is 0 Å². The standard InChI is InChI=1S/C17H32O2/c1-15(2,3)10-11-12(16(4,5)6)13(18)14(19-11)17(7,8)9/h10,12-14,18H,1-9H3/b11-10-. The van der Waals surface area contributed by atoms with Gasteiger partial charge in [0.25, 0.3) is 0 Å². The van der Waals surface area contributed by atoms with Gasteiger partial charge in [-0.05, 0) is 16.9 Å². The predicted octanol–water partition coefficient (Wildman–Crippen LogP) is 4.38. The molecule has 0 saturated carbocycles. The highest BCUT2D eigenvalue weighted by molar-refractivity contribution is 5.16. The number of ether oxygens (including phenoxy) is 1. The molecule has 0 aromatic carbocycles. The zero-order chi connectivity index (χ0) is 15.2. The Morgan fingerprint density at radius 2 is 1.37 bits per heavy atom. The maximum Gasteiger partial charge on any atom is 0.129 e. The van der Waals surface area contributed by atoms with Crippen LogP contribution in [0, 0.1) is 22.2 Å². The van der Waals surface area contributed by atoms with Crippen molar-refractivity contribution in [3.05, 3.63) is 11.8 Å². The van der Waals surface area contributed by atoms with Crippen LogP contribution >= 0.6 is 0 Å². The summed E-state index contributed by atoms with van der Waals surface area (Å²) in [6.07, 6.45) is 1.61. The lowest BCUT2D eigenvalue weighted by Crippen LogP contribution is -2.40. The second-order valence-electron chi connectivity index (χ2n) is 9.15. The summed E-state index contributed by atoms with van der Waals surface area (Å²) < 4.78 is 6.16. The van der Waals surface area contributed by atoms with Gasteiger partial charge in [0.2, 0.25) is 0 Å². The van der Waals surface area contributed by atoms with E-state index in [0.29, 0.717) is 0 Å². The quantitative estimate of drug-likeness (QED) is 0.706. The van der Waals surface area contributed by atoms with E-state index < -0.39 is 6.10 Å². The van der Waals surface area contributed by atoms with Crippen molar-refractivity contribution in [3.8, 4) is 0 Å². The normalized spacial score (nSPS) is 31.7. The van der Waals surface area contributed by atoms with Crippen molar-refractivity contribution in [3.63, 3.8) is 0 Å². The Labute approximate surface area is 119 Å². The molecule has 3 unspecified atom stereocenters. The maximum absolute atomic E-state index is 10.7. The van der Waals surface area contributed by atoms with Crippen molar-refractivity contribution in [1.29, 1.82) is 0 Å². The first-order chi connectivity index (χ1) is 8.23. The molecule has 0 radical (unpaired) electrons. The number of rotatable bonds is 0. The summed E-state index contributed by atoms with van der Waals surface area (Å²) in [5.41, 5.74) is -0.00177. The molecule has 1 fully saturated rings. The zero-order valence-electron chi connectivity index (χ0n) is 14.2. The summed E-state index contributed by atoms with van der Waals surface area (Å²) in [5.74, 6) is 1.03. The fraction of sp³-hybridized carbons (Fsp3) is 0.882. The third-order valence-corrected chi connectivity index (χ3v) is 3.58. The van der Waals surface area contributed by atoms with Crippen LogP contribution in [0.2, 0.25) is 0 Å². The maximum atomic E-state index is 10.7. The summed E-state index contributed by atoms with van der Waals surface area (Å²) in [6.45, 7) is 19.4. The number of allylic oxidation sites excluding steroid dienone is 1. The van der Waals surface area contributed by atoms with Crippen molar-refractivity contribution in [2.24, 2.45) is 22.2 Å². The van der Waals surface area contributed by atoms with Gasteiger partial charge in [0, 0.05) is 5.41 Å². The second-order valence-corrected chi connectivity index (χ2v) is 9.15. The van der Waals surface area contributed by atoms with Crippen LogP contribution in [-0.2, 0) is 4.74 Å². The van der Waals surface area contributed by atoms with E-state index in [1.807, 2.05) is 0 Å². The Hall–Kier alpha value is -0.500. The number of hydrogen-bond acceptors (Lipinski definition) is 2. The molecule has 1 aliphatic rings. The van der Waals surface area contributed by atoms with E-state index in [9.17, 15) is 5.11 Å². The molecular weight excluding hydrogens is 236 g/mol. The number of aliphatic hydroxyl groups is 1. The van der Waals surface area contributed by atoms with Crippen molar-refractivity contribution in [2.45, 2.75) is 74.5 Å². The van der Waals surface area contributed by atoms with Crippen LogP contribution in [0.1, 0.15) is 62.3 Å². The van der Waals surface area contributed by atoms with Crippen molar-refractivity contribution < 1.29 is 9.84 Å². The molecule has 0 bridgehead atoms. The van der Waals surface area contributed by atoms with Gasteiger partial charge in [0.05, 0.1) is 11.7 Å². The first kappa shape index (κ1) is 16.6. The minimum Gasteiger partial charge on any atom is -0.491 e. The molecule has 1 rings (SSSR count). The van der Waals surface area contributed by atoms with Crippen LogP contribution in [0.5, 0.6) is 0 Å². The van der Waals surface area contributed by atoms with Gasteiger partial charge in [-0.2, -0.15) is 0 Å². The number of hydrogen-bond donors (Lipinski definition) is 1. The predicted molar refractivity (Wildman–Crippen MR) is 80.8 cm³/mol. The fourth-order valence-corrected chi connectivity index (χ4v) is 2.81. The lowest BCUT2D eigenvalue weighted by atomic mass is 9.72. The summed E-state index contributed by atoms with van der Waals surface area (Å²) in [5, 5.41) is 10.7. The van der Waals surface area contributed by atoms with E-state index in [1.165, 1.54) is 0 Å². The molecule has 1 aliphatic heterocycles. The lowest BCUT2D eigenvalue weighted by Gasteiger charge is -2.32. The monoisotopic (exact) mass is 268 g/mol. The Balaban J connectivity index is 3.20. The minimum absolute atomic E-state index is 0.00347. The SMILES string of the molecule is CC(C)(C)/C=C1\OC(C(C)(C)C)C(O)C1C(C)(C)C. The second kappa shape index (κ2) is 4.80. The van der Waals surface area contributed by atoms with Crippen LogP contribution in [0.4, 0.5) is 0 Å². The molecule has 1 N–H and O–H groups in total. The molecule has 1 heterocycles. The highest BCUT2D eigenvalue weighted by Gasteiger charge is 2.50. The lowest BCUT2D eigenvalue weighted by molar-refractivity contribution is -0.0256. The molecule has 0 amide bonds. The molecular formula is C17H32O2. The molecule has 112 valence electrons. The van der Waals surface area contributed by atoms with Gasteiger partial charge in [-0.15, -0.1) is 0 Å². The Morgan fingerprint density at radius 3 is 1.68 bits per heavy atom. The van der Waals surface area contributed by atoms with Gasteiger partial charge < -0.3 is 9.84 Å². The molecule has 19 heavy (non-hydrogen) atoms. The van der Waals surface area contributed by atoms with Crippen LogP contribution in [0.15, 0.2) is 11.8 Å². The molecule has 2 nitrogen and oxygen atoms in total. The summed E-state index contributed by atoms with van der Waals surface area (Å²) in [4.78, 5) is 0. The summed E-state index contributed by atoms with van der Waals surface area (Å²) in [7, 11) is 0. The molecule has 0 spiro atoms. The average Bonchev–Trinajstić information content (AvgIpc) is 2.36. The molecule has 2 heteroatoms. The highest BCUT2D eigenvalue weighted by atomic mass is 16.5. The van der Waals surface area contributed by atoms with E-state index in [0.717, 1.165) is 5.76 Å². The third-order valence-electron chi connectivity index (χ3n) is 3.58. The van der Waals surface area contributed by atoms with E-state index in [4.69, 9.17) is 4.74 Å².